The molecule has 2 nitrogen and oxygen atoms in total. The van der Waals surface area contributed by atoms with Gasteiger partial charge in [0, 0.05) is 29.7 Å². The molecule has 0 radical (unpaired) electrons. The van der Waals surface area contributed by atoms with E-state index in [1.54, 1.807) is 0 Å². The second-order valence-corrected chi connectivity index (χ2v) is 6.45. The summed E-state index contributed by atoms with van der Waals surface area (Å²) in [4.78, 5) is 0. The van der Waals surface area contributed by atoms with E-state index in [2.05, 4.69) is 114 Å². The van der Waals surface area contributed by atoms with Gasteiger partial charge in [0.1, 0.15) is 0 Å². The normalized spacial score (nSPS) is 14.7. The van der Waals surface area contributed by atoms with E-state index >= 15 is 0 Å². The van der Waals surface area contributed by atoms with Crippen molar-refractivity contribution in [2.75, 3.05) is 5.01 Å². The number of hydrogen-bond donors (Lipinski definition) is 0. The van der Waals surface area contributed by atoms with Crippen LogP contribution in [0.2, 0.25) is 0 Å². The Labute approximate surface area is 153 Å². The van der Waals surface area contributed by atoms with Crippen LogP contribution < -0.4 is 5.01 Å². The molecule has 0 aliphatic carbocycles. The van der Waals surface area contributed by atoms with Crippen molar-refractivity contribution in [3.63, 3.8) is 0 Å². The first-order valence-electron chi connectivity index (χ1n) is 8.79. The summed E-state index contributed by atoms with van der Waals surface area (Å²) < 4.78 is 0. The van der Waals surface area contributed by atoms with Crippen LogP contribution in [0.3, 0.4) is 0 Å². The van der Waals surface area contributed by atoms with E-state index in [1.165, 1.54) is 33.5 Å². The van der Waals surface area contributed by atoms with Gasteiger partial charge in [0.05, 0.1) is 5.69 Å². The molecule has 0 N–H and O–H groups in total. The van der Waals surface area contributed by atoms with Crippen LogP contribution >= 0.6 is 0 Å². The van der Waals surface area contributed by atoms with Crippen LogP contribution in [0.5, 0.6) is 0 Å². The largest absolute Gasteiger partial charge is 0.264 e. The van der Waals surface area contributed by atoms with Crippen molar-refractivity contribution in [3.8, 4) is 11.1 Å². The van der Waals surface area contributed by atoms with E-state index in [9.17, 15) is 0 Å². The lowest BCUT2D eigenvalue weighted by molar-refractivity contribution is 0.506. The predicted molar refractivity (Wildman–Crippen MR) is 109 cm³/mol. The maximum absolute atomic E-state index is 2.26. The second kappa shape index (κ2) is 6.08. The summed E-state index contributed by atoms with van der Waals surface area (Å²) in [5, 5.41) is 4.33. The number of nitrogens with zero attached hydrogens (tertiary/aromatic N) is 2. The molecule has 0 spiro atoms. The molecule has 3 aromatic rings. The fraction of sp³-hybridized carbons (Fsp3) is 0. The van der Waals surface area contributed by atoms with Gasteiger partial charge < -0.3 is 0 Å². The fourth-order valence-corrected chi connectivity index (χ4v) is 3.44. The van der Waals surface area contributed by atoms with Gasteiger partial charge in [-0.1, -0.05) is 72.8 Å². The number of hydrogen-bond acceptors (Lipinski definition) is 2. The number of rotatable bonds is 2. The highest BCUT2D eigenvalue weighted by Gasteiger charge is 2.21. The van der Waals surface area contributed by atoms with Gasteiger partial charge in [-0.05, 0) is 34.9 Å². The van der Waals surface area contributed by atoms with Gasteiger partial charge in [0.25, 0.3) is 0 Å². The minimum atomic E-state index is 1.19. The summed E-state index contributed by atoms with van der Waals surface area (Å²) in [6.45, 7) is 0. The van der Waals surface area contributed by atoms with Crippen molar-refractivity contribution in [3.05, 3.63) is 115 Å². The Morgan fingerprint density at radius 1 is 0.577 bits per heavy atom. The lowest BCUT2D eigenvalue weighted by Gasteiger charge is -2.37. The first-order chi connectivity index (χ1) is 12.9. The Morgan fingerprint density at radius 3 is 2.04 bits per heavy atom. The third kappa shape index (κ3) is 2.52. The number of allylic oxidation sites excluding steroid dienone is 2. The standard InChI is InChI=1S/C24H18N2/c1-3-7-19(8-4-1)22-12-11-21-13-15-25-16-14-23(18-26(25)24(21)17-22)20-9-5-2-6-10-20/h1-18H. The highest BCUT2D eigenvalue weighted by Crippen LogP contribution is 2.36. The minimum absolute atomic E-state index is 1.19. The third-order valence-corrected chi connectivity index (χ3v) is 4.82. The van der Waals surface area contributed by atoms with Gasteiger partial charge in [-0.25, -0.2) is 0 Å². The quantitative estimate of drug-likeness (QED) is 0.573. The van der Waals surface area contributed by atoms with Crippen LogP contribution in [0.1, 0.15) is 11.1 Å². The third-order valence-electron chi connectivity index (χ3n) is 4.82. The summed E-state index contributed by atoms with van der Waals surface area (Å²) >= 11 is 0. The van der Waals surface area contributed by atoms with Gasteiger partial charge in [-0.15, -0.1) is 0 Å². The molecule has 0 fully saturated rings. The maximum atomic E-state index is 2.26. The molecule has 0 unspecified atom stereocenters. The number of anilines is 1. The van der Waals surface area contributed by atoms with Crippen LogP contribution in [-0.4, -0.2) is 5.01 Å². The summed E-state index contributed by atoms with van der Waals surface area (Å²) in [6, 6.07) is 27.7. The molecule has 2 aliphatic heterocycles. The lowest BCUT2D eigenvalue weighted by atomic mass is 10.0. The molecular formula is C24H18N2. The molecule has 0 saturated carbocycles. The molecule has 3 aromatic carbocycles. The van der Waals surface area contributed by atoms with Crippen LogP contribution in [0.25, 0.3) is 22.8 Å². The molecule has 5 rings (SSSR count). The topological polar surface area (TPSA) is 6.48 Å². The summed E-state index contributed by atoms with van der Waals surface area (Å²) in [6.07, 6.45) is 10.7. The smallest absolute Gasteiger partial charge is 0.0708 e. The van der Waals surface area contributed by atoms with Crippen molar-refractivity contribution < 1.29 is 0 Å². The minimum Gasteiger partial charge on any atom is -0.264 e. The van der Waals surface area contributed by atoms with Crippen molar-refractivity contribution in [1.29, 1.82) is 0 Å². The zero-order valence-corrected chi connectivity index (χ0v) is 14.3. The number of hydrazine groups is 1. The highest BCUT2D eigenvalue weighted by atomic mass is 15.6. The Hall–Kier alpha value is -3.52. The van der Waals surface area contributed by atoms with E-state index in [0.717, 1.165) is 0 Å². The molecular weight excluding hydrogens is 316 g/mol. The summed E-state index contributed by atoms with van der Waals surface area (Å²) in [7, 11) is 0. The molecule has 124 valence electrons. The van der Waals surface area contributed by atoms with Gasteiger partial charge in [-0.3, -0.25) is 10.0 Å². The van der Waals surface area contributed by atoms with Gasteiger partial charge in [0.15, 0.2) is 0 Å². The van der Waals surface area contributed by atoms with Crippen molar-refractivity contribution in [1.82, 2.24) is 5.01 Å². The Morgan fingerprint density at radius 2 is 1.27 bits per heavy atom. The number of benzene rings is 3. The van der Waals surface area contributed by atoms with Gasteiger partial charge in [-0.2, -0.15) is 0 Å². The Bertz CT molecular complexity index is 1030. The zero-order valence-electron chi connectivity index (χ0n) is 14.3. The molecule has 2 heterocycles. The predicted octanol–water partition coefficient (Wildman–Crippen LogP) is 5.93. The van der Waals surface area contributed by atoms with E-state index in [-0.39, 0.29) is 0 Å². The molecule has 2 aliphatic rings. The molecule has 26 heavy (non-hydrogen) atoms. The average molecular weight is 334 g/mol. The first-order valence-corrected chi connectivity index (χ1v) is 8.79. The molecule has 0 amide bonds. The summed E-state index contributed by atoms with van der Waals surface area (Å²) in [5.74, 6) is 0. The lowest BCUT2D eigenvalue weighted by Crippen LogP contribution is -2.34. The zero-order chi connectivity index (χ0) is 17.3. The van der Waals surface area contributed by atoms with E-state index in [1.807, 2.05) is 6.07 Å². The van der Waals surface area contributed by atoms with Crippen LogP contribution in [-0.2, 0) is 0 Å². The molecule has 2 heteroatoms. The van der Waals surface area contributed by atoms with Crippen molar-refractivity contribution in [2.24, 2.45) is 0 Å². The average Bonchev–Trinajstić information content (AvgIpc) is 2.74. The van der Waals surface area contributed by atoms with E-state index < -0.39 is 0 Å². The van der Waals surface area contributed by atoms with Crippen LogP contribution in [0.15, 0.2) is 104 Å². The Balaban J connectivity index is 1.60. The molecule has 0 aromatic heterocycles. The van der Waals surface area contributed by atoms with Crippen molar-refractivity contribution in [2.45, 2.75) is 0 Å². The van der Waals surface area contributed by atoms with Crippen LogP contribution in [0, 0.1) is 0 Å². The first kappa shape index (κ1) is 14.8. The highest BCUT2D eigenvalue weighted by molar-refractivity contribution is 5.83. The van der Waals surface area contributed by atoms with E-state index in [0.29, 0.717) is 0 Å². The fourth-order valence-electron chi connectivity index (χ4n) is 3.44. The molecule has 0 atom stereocenters. The SMILES string of the molecule is C1=CN2C=Cc3ccc(-c4ccccc4)cc3N2C=C1c1ccccc1. The van der Waals surface area contributed by atoms with Gasteiger partial charge in [0.2, 0.25) is 0 Å². The van der Waals surface area contributed by atoms with E-state index in [4.69, 9.17) is 0 Å². The maximum Gasteiger partial charge on any atom is 0.0708 e. The number of fused-ring (bicyclic) bond motifs is 3. The van der Waals surface area contributed by atoms with Crippen molar-refractivity contribution >= 4 is 17.3 Å². The summed E-state index contributed by atoms with van der Waals surface area (Å²) in [5.41, 5.74) is 7.29. The molecule has 0 saturated heterocycles. The molecule has 0 bridgehead atoms. The van der Waals surface area contributed by atoms with Gasteiger partial charge >= 0.3 is 0 Å². The van der Waals surface area contributed by atoms with Crippen LogP contribution in [0.4, 0.5) is 5.69 Å². The monoisotopic (exact) mass is 334 g/mol. The second-order valence-electron chi connectivity index (χ2n) is 6.45. The Kier molecular flexibility index (Phi) is 3.46.